The van der Waals surface area contributed by atoms with Gasteiger partial charge in [0.2, 0.25) is 5.91 Å². The van der Waals surface area contributed by atoms with Crippen molar-refractivity contribution in [3.63, 3.8) is 0 Å². The van der Waals surface area contributed by atoms with Crippen LogP contribution in [0.4, 0.5) is 0 Å². The lowest BCUT2D eigenvalue weighted by Crippen LogP contribution is -2.53. The van der Waals surface area contributed by atoms with Gasteiger partial charge in [0.15, 0.2) is 0 Å². The number of piperidine rings is 1. The molecule has 5 heteroatoms. The predicted octanol–water partition coefficient (Wildman–Crippen LogP) is 2.30. The molecular formula is C20H29N3O2. The van der Waals surface area contributed by atoms with Crippen LogP contribution in [-0.2, 0) is 10.4 Å². The highest BCUT2D eigenvalue weighted by atomic mass is 16.3. The lowest BCUT2D eigenvalue weighted by molar-refractivity contribution is -0.135. The van der Waals surface area contributed by atoms with Gasteiger partial charge < -0.3 is 10.0 Å². The van der Waals surface area contributed by atoms with E-state index in [1.165, 1.54) is 12.8 Å². The zero-order valence-electron chi connectivity index (χ0n) is 14.9. The second kappa shape index (κ2) is 7.04. The third kappa shape index (κ3) is 3.44. The quantitative estimate of drug-likeness (QED) is 0.915. The molecule has 1 aromatic heterocycles. The van der Waals surface area contributed by atoms with E-state index in [2.05, 4.69) is 14.8 Å². The summed E-state index contributed by atoms with van der Waals surface area (Å²) in [4.78, 5) is 21.4. The van der Waals surface area contributed by atoms with E-state index >= 15 is 0 Å². The Labute approximate surface area is 150 Å². The predicted molar refractivity (Wildman–Crippen MR) is 95.9 cm³/mol. The van der Waals surface area contributed by atoms with Crippen molar-refractivity contribution in [2.75, 3.05) is 19.6 Å². The van der Waals surface area contributed by atoms with E-state index in [9.17, 15) is 9.90 Å². The van der Waals surface area contributed by atoms with Crippen LogP contribution in [0.2, 0.25) is 0 Å². The summed E-state index contributed by atoms with van der Waals surface area (Å²) in [5, 5.41) is 11.2. The average molecular weight is 343 g/mol. The van der Waals surface area contributed by atoms with Crippen LogP contribution in [0.15, 0.2) is 24.5 Å². The molecular weight excluding hydrogens is 314 g/mol. The van der Waals surface area contributed by atoms with E-state index in [1.807, 2.05) is 12.1 Å². The zero-order chi connectivity index (χ0) is 17.3. The highest BCUT2D eigenvalue weighted by Crippen LogP contribution is 2.45. The Morgan fingerprint density at radius 1 is 1.16 bits per heavy atom. The fraction of sp³-hybridized carbons (Fsp3) is 0.700. The van der Waals surface area contributed by atoms with Crippen molar-refractivity contribution in [3.8, 4) is 0 Å². The van der Waals surface area contributed by atoms with Gasteiger partial charge in [0, 0.05) is 43.1 Å². The number of nitrogens with zero attached hydrogens (tertiary/aromatic N) is 3. The lowest BCUT2D eigenvalue weighted by atomic mass is 9.81. The van der Waals surface area contributed by atoms with E-state index < -0.39 is 5.60 Å². The van der Waals surface area contributed by atoms with Crippen LogP contribution in [0.1, 0.15) is 56.9 Å². The van der Waals surface area contributed by atoms with Gasteiger partial charge in [0.05, 0.1) is 12.1 Å². The van der Waals surface area contributed by atoms with E-state index in [-0.39, 0.29) is 5.91 Å². The third-order valence-electron chi connectivity index (χ3n) is 6.39. The smallest absolute Gasteiger partial charge is 0.236 e. The molecule has 0 saturated carbocycles. The molecule has 2 bridgehead atoms. The van der Waals surface area contributed by atoms with Gasteiger partial charge in [-0.15, -0.1) is 0 Å². The summed E-state index contributed by atoms with van der Waals surface area (Å²) >= 11 is 0. The fourth-order valence-electron chi connectivity index (χ4n) is 5.02. The van der Waals surface area contributed by atoms with Crippen molar-refractivity contribution < 1.29 is 9.90 Å². The molecule has 0 spiro atoms. The van der Waals surface area contributed by atoms with Gasteiger partial charge in [-0.05, 0) is 44.6 Å². The van der Waals surface area contributed by atoms with Gasteiger partial charge in [-0.25, -0.2) is 0 Å². The molecule has 3 aliphatic rings. The topological polar surface area (TPSA) is 56.7 Å². The SMILES string of the molecule is O=C(CN1C2CCC1CC(O)(c1cccnc1)C2)N1CCCCCC1. The first kappa shape index (κ1) is 17.0. The molecule has 1 amide bonds. The van der Waals surface area contributed by atoms with Crippen LogP contribution < -0.4 is 0 Å². The molecule has 1 N–H and O–H groups in total. The zero-order valence-corrected chi connectivity index (χ0v) is 14.9. The highest BCUT2D eigenvalue weighted by molar-refractivity contribution is 5.78. The maximum absolute atomic E-state index is 12.8. The molecule has 0 aliphatic carbocycles. The number of pyridine rings is 1. The molecule has 0 aromatic carbocycles. The Morgan fingerprint density at radius 3 is 2.44 bits per heavy atom. The van der Waals surface area contributed by atoms with Crippen LogP contribution in [0.3, 0.4) is 0 Å². The van der Waals surface area contributed by atoms with Gasteiger partial charge in [-0.3, -0.25) is 14.7 Å². The standard InChI is InChI=1S/C20H29N3O2/c24-19(22-10-3-1-2-4-11-22)15-23-17-7-8-18(23)13-20(25,12-17)16-6-5-9-21-14-16/h5-6,9,14,17-18,25H,1-4,7-8,10-13,15H2. The minimum absolute atomic E-state index is 0.283. The van der Waals surface area contributed by atoms with Gasteiger partial charge in [0.1, 0.15) is 0 Å². The molecule has 3 fully saturated rings. The summed E-state index contributed by atoms with van der Waals surface area (Å²) in [6, 6.07) is 4.48. The first-order valence-electron chi connectivity index (χ1n) is 9.82. The third-order valence-corrected chi connectivity index (χ3v) is 6.39. The van der Waals surface area contributed by atoms with Crippen LogP contribution in [0.25, 0.3) is 0 Å². The molecule has 3 aliphatic heterocycles. The second-order valence-electron chi connectivity index (χ2n) is 8.03. The van der Waals surface area contributed by atoms with E-state index in [1.54, 1.807) is 12.4 Å². The van der Waals surface area contributed by atoms with Gasteiger partial charge in [0.25, 0.3) is 0 Å². The Morgan fingerprint density at radius 2 is 1.84 bits per heavy atom. The largest absolute Gasteiger partial charge is 0.385 e. The van der Waals surface area contributed by atoms with Gasteiger partial charge in [-0.2, -0.15) is 0 Å². The Bertz CT molecular complexity index is 584. The van der Waals surface area contributed by atoms with Crippen molar-refractivity contribution >= 4 is 5.91 Å². The van der Waals surface area contributed by atoms with Gasteiger partial charge in [-0.1, -0.05) is 18.9 Å². The molecule has 2 unspecified atom stereocenters. The Balaban J connectivity index is 1.43. The molecule has 5 nitrogen and oxygen atoms in total. The first-order chi connectivity index (χ1) is 12.2. The molecule has 3 saturated heterocycles. The maximum atomic E-state index is 12.8. The lowest BCUT2D eigenvalue weighted by Gasteiger charge is -2.44. The van der Waals surface area contributed by atoms with Crippen molar-refractivity contribution in [2.45, 2.75) is 69.1 Å². The summed E-state index contributed by atoms with van der Waals surface area (Å²) in [7, 11) is 0. The van der Waals surface area contributed by atoms with Crippen molar-refractivity contribution in [1.29, 1.82) is 0 Å². The minimum Gasteiger partial charge on any atom is -0.385 e. The Kier molecular flexibility index (Phi) is 4.78. The molecule has 1 aromatic rings. The number of likely N-dealkylation sites (tertiary alicyclic amines) is 1. The summed E-state index contributed by atoms with van der Waals surface area (Å²) in [6.45, 7) is 2.36. The molecule has 4 rings (SSSR count). The van der Waals surface area contributed by atoms with Crippen molar-refractivity contribution in [1.82, 2.24) is 14.8 Å². The monoisotopic (exact) mass is 343 g/mol. The maximum Gasteiger partial charge on any atom is 0.236 e. The van der Waals surface area contributed by atoms with E-state index in [0.717, 1.165) is 44.3 Å². The molecule has 25 heavy (non-hydrogen) atoms. The first-order valence-corrected chi connectivity index (χ1v) is 9.82. The normalized spacial score (nSPS) is 33.2. The number of amides is 1. The fourth-order valence-corrected chi connectivity index (χ4v) is 5.02. The molecule has 2 atom stereocenters. The van der Waals surface area contributed by atoms with Crippen molar-refractivity contribution in [2.24, 2.45) is 0 Å². The average Bonchev–Trinajstić information content (AvgIpc) is 2.85. The summed E-state index contributed by atoms with van der Waals surface area (Å²) < 4.78 is 0. The van der Waals surface area contributed by atoms with Gasteiger partial charge >= 0.3 is 0 Å². The van der Waals surface area contributed by atoms with Crippen LogP contribution in [0.5, 0.6) is 0 Å². The molecule has 136 valence electrons. The summed E-state index contributed by atoms with van der Waals surface area (Å²) in [5.41, 5.74) is 0.132. The number of rotatable bonds is 3. The number of hydrogen-bond donors (Lipinski definition) is 1. The number of carbonyl (C=O) groups is 1. The van der Waals surface area contributed by atoms with Crippen LogP contribution in [-0.4, -0.2) is 57.5 Å². The minimum atomic E-state index is -0.789. The summed E-state index contributed by atoms with van der Waals surface area (Å²) in [5.74, 6) is 0.283. The molecule has 4 heterocycles. The Hall–Kier alpha value is -1.46. The second-order valence-corrected chi connectivity index (χ2v) is 8.03. The van der Waals surface area contributed by atoms with Crippen LogP contribution in [0, 0.1) is 0 Å². The van der Waals surface area contributed by atoms with E-state index in [0.29, 0.717) is 31.5 Å². The molecule has 0 radical (unpaired) electrons. The number of aromatic nitrogens is 1. The number of fused-ring (bicyclic) bond motifs is 2. The number of carbonyl (C=O) groups excluding carboxylic acids is 1. The summed E-state index contributed by atoms with van der Waals surface area (Å²) in [6.07, 6.45) is 11.9. The van der Waals surface area contributed by atoms with Crippen LogP contribution >= 0.6 is 0 Å². The van der Waals surface area contributed by atoms with Crippen molar-refractivity contribution in [3.05, 3.63) is 30.1 Å². The van der Waals surface area contributed by atoms with E-state index in [4.69, 9.17) is 0 Å². The number of aliphatic hydroxyl groups is 1. The highest BCUT2D eigenvalue weighted by Gasteiger charge is 2.48. The number of hydrogen-bond acceptors (Lipinski definition) is 4.